The number of carbonyl (C=O) groups is 2. The maximum absolute atomic E-state index is 13.7. The SMILES string of the molecule is Cc1ccc(C)c2c1c(CC(=O)N[C@@H](Cc1ccccc1)C(=O)N(C)c1ccccc1)c(C)n2CCN(C)C. The Morgan fingerprint density at radius 1 is 0.846 bits per heavy atom. The molecule has 6 heteroatoms. The van der Waals surface area contributed by atoms with E-state index in [-0.39, 0.29) is 18.2 Å². The van der Waals surface area contributed by atoms with Crippen molar-refractivity contribution in [3.63, 3.8) is 0 Å². The van der Waals surface area contributed by atoms with E-state index in [2.05, 4.69) is 61.8 Å². The van der Waals surface area contributed by atoms with Crippen molar-refractivity contribution in [2.75, 3.05) is 32.6 Å². The molecule has 0 saturated carbocycles. The third-order valence-corrected chi connectivity index (χ3v) is 7.50. The van der Waals surface area contributed by atoms with Crippen molar-refractivity contribution in [1.29, 1.82) is 0 Å². The average molecular weight is 525 g/mol. The number of anilines is 1. The van der Waals surface area contributed by atoms with Gasteiger partial charge in [-0.05, 0) is 69.3 Å². The van der Waals surface area contributed by atoms with Gasteiger partial charge >= 0.3 is 0 Å². The topological polar surface area (TPSA) is 57.6 Å². The number of aromatic nitrogens is 1. The number of aryl methyl sites for hydroxylation is 2. The summed E-state index contributed by atoms with van der Waals surface area (Å²) in [5.41, 5.74) is 7.48. The van der Waals surface area contributed by atoms with E-state index in [0.29, 0.717) is 6.42 Å². The van der Waals surface area contributed by atoms with Crippen LogP contribution in [-0.4, -0.2) is 55.0 Å². The molecule has 0 saturated heterocycles. The van der Waals surface area contributed by atoms with Gasteiger partial charge in [0.25, 0.3) is 0 Å². The Kier molecular flexibility index (Phi) is 8.87. The summed E-state index contributed by atoms with van der Waals surface area (Å²) in [5.74, 6) is -0.294. The Balaban J connectivity index is 1.64. The van der Waals surface area contributed by atoms with Crippen LogP contribution < -0.4 is 10.2 Å². The highest BCUT2D eigenvalue weighted by molar-refractivity contribution is 6.00. The largest absolute Gasteiger partial charge is 0.344 e. The molecule has 0 aliphatic heterocycles. The second-order valence-corrected chi connectivity index (χ2v) is 10.7. The highest BCUT2D eigenvalue weighted by Crippen LogP contribution is 2.32. The fraction of sp³-hybridized carbons (Fsp3) is 0.333. The zero-order valence-corrected chi connectivity index (χ0v) is 24.0. The lowest BCUT2D eigenvalue weighted by atomic mass is 10.00. The summed E-state index contributed by atoms with van der Waals surface area (Å²) in [7, 11) is 5.91. The van der Waals surface area contributed by atoms with E-state index < -0.39 is 6.04 Å². The number of para-hydroxylation sites is 1. The highest BCUT2D eigenvalue weighted by Gasteiger charge is 2.27. The van der Waals surface area contributed by atoms with Gasteiger partial charge in [0.1, 0.15) is 6.04 Å². The van der Waals surface area contributed by atoms with E-state index in [4.69, 9.17) is 0 Å². The minimum absolute atomic E-state index is 0.143. The van der Waals surface area contributed by atoms with Crippen LogP contribution in [0.25, 0.3) is 10.9 Å². The standard InChI is InChI=1S/C33H40N4O2/c1-23-17-18-24(2)32-31(23)28(25(3)37(32)20-19-35(4)5)22-30(38)34-29(21-26-13-9-7-10-14-26)33(39)36(6)27-15-11-8-12-16-27/h7-18,29H,19-22H2,1-6H3,(H,34,38)/t29-/m0/s1. The molecule has 2 amide bonds. The summed E-state index contributed by atoms with van der Waals surface area (Å²) in [4.78, 5) is 31.1. The zero-order valence-electron chi connectivity index (χ0n) is 24.0. The second kappa shape index (κ2) is 12.3. The van der Waals surface area contributed by atoms with Gasteiger partial charge in [-0.3, -0.25) is 9.59 Å². The predicted octanol–water partition coefficient (Wildman–Crippen LogP) is 5.06. The molecule has 0 aliphatic carbocycles. The molecule has 3 aromatic carbocycles. The number of rotatable bonds is 10. The fourth-order valence-corrected chi connectivity index (χ4v) is 5.30. The Morgan fingerprint density at radius 2 is 1.46 bits per heavy atom. The van der Waals surface area contributed by atoms with Gasteiger partial charge in [-0.1, -0.05) is 60.7 Å². The Labute approximate surface area is 232 Å². The summed E-state index contributed by atoms with van der Waals surface area (Å²) < 4.78 is 2.34. The lowest BCUT2D eigenvalue weighted by molar-refractivity contribution is -0.127. The summed E-state index contributed by atoms with van der Waals surface area (Å²) in [6.07, 6.45) is 0.638. The number of fused-ring (bicyclic) bond motifs is 1. The molecule has 1 atom stereocenters. The monoisotopic (exact) mass is 524 g/mol. The minimum atomic E-state index is -0.685. The minimum Gasteiger partial charge on any atom is -0.344 e. The first-order valence-electron chi connectivity index (χ1n) is 13.6. The van der Waals surface area contributed by atoms with Gasteiger partial charge in [0.15, 0.2) is 0 Å². The molecule has 1 heterocycles. The van der Waals surface area contributed by atoms with E-state index >= 15 is 0 Å². The van der Waals surface area contributed by atoms with Gasteiger partial charge in [0, 0.05) is 43.3 Å². The molecule has 4 rings (SSSR count). The summed E-state index contributed by atoms with van der Waals surface area (Å²) in [6, 6.07) is 23.0. The van der Waals surface area contributed by atoms with Crippen LogP contribution in [0.3, 0.4) is 0 Å². The van der Waals surface area contributed by atoms with Crippen LogP contribution >= 0.6 is 0 Å². The zero-order chi connectivity index (χ0) is 28.1. The van der Waals surface area contributed by atoms with E-state index in [0.717, 1.165) is 46.5 Å². The van der Waals surface area contributed by atoms with Gasteiger partial charge in [-0.25, -0.2) is 0 Å². The first kappa shape index (κ1) is 28.1. The molecular weight excluding hydrogens is 484 g/mol. The van der Waals surface area contributed by atoms with Crippen LogP contribution in [0.5, 0.6) is 0 Å². The first-order chi connectivity index (χ1) is 18.7. The van der Waals surface area contributed by atoms with Crippen molar-refractivity contribution in [3.05, 3.63) is 101 Å². The number of likely N-dealkylation sites (N-methyl/N-ethyl adjacent to an activating group) is 2. The van der Waals surface area contributed by atoms with Crippen LogP contribution in [0.15, 0.2) is 72.8 Å². The Hall–Kier alpha value is -3.90. The van der Waals surface area contributed by atoms with Crippen molar-refractivity contribution in [2.24, 2.45) is 0 Å². The predicted molar refractivity (Wildman–Crippen MR) is 160 cm³/mol. The number of nitrogens with zero attached hydrogens (tertiary/aromatic N) is 3. The molecule has 0 bridgehead atoms. The molecule has 0 radical (unpaired) electrons. The quantitative estimate of drug-likeness (QED) is 0.316. The van der Waals surface area contributed by atoms with Crippen LogP contribution in [0, 0.1) is 20.8 Å². The third kappa shape index (κ3) is 6.40. The second-order valence-electron chi connectivity index (χ2n) is 10.7. The van der Waals surface area contributed by atoms with Gasteiger partial charge in [0.2, 0.25) is 11.8 Å². The molecule has 4 aromatic rings. The molecule has 0 fully saturated rings. The maximum Gasteiger partial charge on any atom is 0.249 e. The fourth-order valence-electron chi connectivity index (χ4n) is 5.30. The lowest BCUT2D eigenvalue weighted by Crippen LogP contribution is -2.49. The van der Waals surface area contributed by atoms with E-state index in [1.165, 1.54) is 11.1 Å². The van der Waals surface area contributed by atoms with Gasteiger partial charge < -0.3 is 19.7 Å². The molecule has 1 aromatic heterocycles. The number of hydrogen-bond acceptors (Lipinski definition) is 3. The van der Waals surface area contributed by atoms with Crippen molar-refractivity contribution in [1.82, 2.24) is 14.8 Å². The first-order valence-corrected chi connectivity index (χ1v) is 13.6. The summed E-state index contributed by atoms with van der Waals surface area (Å²) >= 11 is 0. The van der Waals surface area contributed by atoms with Crippen LogP contribution in [0.1, 0.15) is 27.9 Å². The number of amides is 2. The smallest absolute Gasteiger partial charge is 0.249 e. The third-order valence-electron chi connectivity index (χ3n) is 7.50. The normalized spacial score (nSPS) is 12.1. The molecule has 204 valence electrons. The molecule has 0 spiro atoms. The van der Waals surface area contributed by atoms with Gasteiger partial charge in [0.05, 0.1) is 11.9 Å². The van der Waals surface area contributed by atoms with Crippen LogP contribution in [-0.2, 0) is 29.0 Å². The van der Waals surface area contributed by atoms with Crippen LogP contribution in [0.2, 0.25) is 0 Å². The van der Waals surface area contributed by atoms with Crippen molar-refractivity contribution in [2.45, 2.75) is 46.2 Å². The lowest BCUT2D eigenvalue weighted by Gasteiger charge is -2.25. The Morgan fingerprint density at radius 3 is 2.10 bits per heavy atom. The van der Waals surface area contributed by atoms with Gasteiger partial charge in [-0.2, -0.15) is 0 Å². The van der Waals surface area contributed by atoms with Crippen molar-refractivity contribution in [3.8, 4) is 0 Å². The van der Waals surface area contributed by atoms with Crippen molar-refractivity contribution < 1.29 is 9.59 Å². The summed E-state index contributed by atoms with van der Waals surface area (Å²) in [5, 5.41) is 4.25. The molecule has 6 nitrogen and oxygen atoms in total. The number of nitrogens with one attached hydrogen (secondary N) is 1. The average Bonchev–Trinajstić information content (AvgIpc) is 3.21. The van der Waals surface area contributed by atoms with E-state index in [1.807, 2.05) is 60.7 Å². The molecule has 39 heavy (non-hydrogen) atoms. The van der Waals surface area contributed by atoms with Gasteiger partial charge in [-0.15, -0.1) is 0 Å². The van der Waals surface area contributed by atoms with Crippen molar-refractivity contribution >= 4 is 28.4 Å². The molecular formula is C33H40N4O2. The molecule has 0 aliphatic rings. The number of benzene rings is 3. The number of carbonyl (C=O) groups excluding carboxylic acids is 2. The maximum atomic E-state index is 13.7. The molecule has 0 unspecified atom stereocenters. The van der Waals surface area contributed by atoms with Crippen LogP contribution in [0.4, 0.5) is 5.69 Å². The Bertz CT molecular complexity index is 1440. The van der Waals surface area contributed by atoms with E-state index in [1.54, 1.807) is 11.9 Å². The summed E-state index contributed by atoms with van der Waals surface area (Å²) in [6.45, 7) is 8.09. The number of hydrogen-bond donors (Lipinski definition) is 1. The molecule has 1 N–H and O–H groups in total. The van der Waals surface area contributed by atoms with E-state index in [9.17, 15) is 9.59 Å². The highest BCUT2D eigenvalue weighted by atomic mass is 16.2.